The molecule has 1 aromatic carbocycles. The standard InChI is InChI=1S/C15H14N4O/c1-20-15-12(16)5-7-14(19-15)18-11-4-6-13-10(9-11)3-2-8-17-13/h2-9H,16H2,1H3,(H,18,19). The molecule has 5 nitrogen and oxygen atoms in total. The van der Waals surface area contributed by atoms with Crippen molar-refractivity contribution >= 4 is 28.1 Å². The third-order valence-electron chi connectivity index (χ3n) is 2.96. The van der Waals surface area contributed by atoms with Crippen molar-refractivity contribution < 1.29 is 4.74 Å². The lowest BCUT2D eigenvalue weighted by Crippen LogP contribution is -1.99. The van der Waals surface area contributed by atoms with Crippen LogP contribution in [0.4, 0.5) is 17.2 Å². The second kappa shape index (κ2) is 5.05. The fourth-order valence-corrected chi connectivity index (χ4v) is 1.99. The minimum Gasteiger partial charge on any atom is -0.479 e. The van der Waals surface area contributed by atoms with Gasteiger partial charge in [0.2, 0.25) is 5.88 Å². The number of benzene rings is 1. The second-order valence-corrected chi connectivity index (χ2v) is 4.33. The van der Waals surface area contributed by atoms with Crippen LogP contribution in [0.3, 0.4) is 0 Å². The lowest BCUT2D eigenvalue weighted by molar-refractivity contribution is 0.401. The van der Waals surface area contributed by atoms with Crippen LogP contribution in [0.2, 0.25) is 0 Å². The Labute approximate surface area is 116 Å². The zero-order valence-electron chi connectivity index (χ0n) is 11.0. The number of methoxy groups -OCH3 is 1. The van der Waals surface area contributed by atoms with E-state index < -0.39 is 0 Å². The van der Waals surface area contributed by atoms with E-state index in [1.165, 1.54) is 0 Å². The average molecular weight is 266 g/mol. The van der Waals surface area contributed by atoms with Crippen LogP contribution in [0, 0.1) is 0 Å². The molecule has 0 bridgehead atoms. The molecule has 2 aromatic heterocycles. The van der Waals surface area contributed by atoms with Crippen LogP contribution in [0.25, 0.3) is 10.9 Å². The molecule has 3 aromatic rings. The number of nitrogens with one attached hydrogen (secondary N) is 1. The number of hydrogen-bond acceptors (Lipinski definition) is 5. The zero-order valence-corrected chi connectivity index (χ0v) is 11.0. The molecular formula is C15H14N4O. The van der Waals surface area contributed by atoms with Crippen molar-refractivity contribution in [2.75, 3.05) is 18.2 Å². The van der Waals surface area contributed by atoms with E-state index in [1.54, 1.807) is 19.4 Å². The lowest BCUT2D eigenvalue weighted by atomic mass is 10.2. The minimum absolute atomic E-state index is 0.414. The quantitative estimate of drug-likeness (QED) is 0.762. The number of anilines is 3. The number of ether oxygens (including phenoxy) is 1. The van der Waals surface area contributed by atoms with Gasteiger partial charge in [-0.3, -0.25) is 4.98 Å². The monoisotopic (exact) mass is 266 g/mol. The first-order valence-corrected chi connectivity index (χ1v) is 6.18. The number of hydrogen-bond donors (Lipinski definition) is 2. The number of pyridine rings is 2. The summed E-state index contributed by atoms with van der Waals surface area (Å²) in [6.45, 7) is 0. The topological polar surface area (TPSA) is 73.1 Å². The molecule has 100 valence electrons. The summed E-state index contributed by atoms with van der Waals surface area (Å²) in [6, 6.07) is 13.4. The van der Waals surface area contributed by atoms with Crippen molar-refractivity contribution in [3.63, 3.8) is 0 Å². The van der Waals surface area contributed by atoms with E-state index in [9.17, 15) is 0 Å². The Morgan fingerprint density at radius 3 is 2.90 bits per heavy atom. The van der Waals surface area contributed by atoms with Gasteiger partial charge in [-0.2, -0.15) is 4.98 Å². The highest BCUT2D eigenvalue weighted by Gasteiger charge is 2.04. The summed E-state index contributed by atoms with van der Waals surface area (Å²) in [7, 11) is 1.55. The summed E-state index contributed by atoms with van der Waals surface area (Å²) in [5.41, 5.74) is 8.15. The maximum absolute atomic E-state index is 5.74. The summed E-state index contributed by atoms with van der Waals surface area (Å²) >= 11 is 0. The van der Waals surface area contributed by atoms with Crippen molar-refractivity contribution in [2.45, 2.75) is 0 Å². The molecule has 0 unspecified atom stereocenters. The smallest absolute Gasteiger partial charge is 0.238 e. The van der Waals surface area contributed by atoms with Crippen molar-refractivity contribution in [2.24, 2.45) is 0 Å². The van der Waals surface area contributed by atoms with E-state index in [-0.39, 0.29) is 0 Å². The Hall–Kier alpha value is -2.82. The molecule has 0 aliphatic heterocycles. The molecule has 0 spiro atoms. The van der Waals surface area contributed by atoms with Gasteiger partial charge in [0.05, 0.1) is 18.3 Å². The number of rotatable bonds is 3. The second-order valence-electron chi connectivity index (χ2n) is 4.33. The van der Waals surface area contributed by atoms with Gasteiger partial charge in [0.1, 0.15) is 5.82 Å². The highest BCUT2D eigenvalue weighted by atomic mass is 16.5. The Morgan fingerprint density at radius 1 is 1.15 bits per heavy atom. The summed E-state index contributed by atoms with van der Waals surface area (Å²) < 4.78 is 5.11. The van der Waals surface area contributed by atoms with Crippen LogP contribution in [0.1, 0.15) is 0 Å². The lowest BCUT2D eigenvalue weighted by Gasteiger charge is -2.09. The predicted octanol–water partition coefficient (Wildman–Crippen LogP) is 2.96. The van der Waals surface area contributed by atoms with Crippen molar-refractivity contribution in [3.05, 3.63) is 48.7 Å². The maximum Gasteiger partial charge on any atom is 0.238 e. The highest BCUT2D eigenvalue weighted by molar-refractivity contribution is 5.83. The van der Waals surface area contributed by atoms with Crippen LogP contribution in [0.5, 0.6) is 5.88 Å². The number of aromatic nitrogens is 2. The van der Waals surface area contributed by atoms with Gasteiger partial charge in [0, 0.05) is 17.3 Å². The molecule has 0 aliphatic carbocycles. The van der Waals surface area contributed by atoms with Gasteiger partial charge in [0.25, 0.3) is 0 Å². The summed E-state index contributed by atoms with van der Waals surface area (Å²) in [6.07, 6.45) is 1.78. The molecular weight excluding hydrogens is 252 g/mol. The first-order chi connectivity index (χ1) is 9.76. The van der Waals surface area contributed by atoms with Crippen molar-refractivity contribution in [1.29, 1.82) is 0 Å². The SMILES string of the molecule is COc1nc(Nc2ccc3ncccc3c2)ccc1N. The molecule has 0 radical (unpaired) electrons. The molecule has 0 saturated heterocycles. The molecule has 0 amide bonds. The van der Waals surface area contributed by atoms with Gasteiger partial charge >= 0.3 is 0 Å². The fraction of sp³-hybridized carbons (Fsp3) is 0.0667. The van der Waals surface area contributed by atoms with Gasteiger partial charge in [0.15, 0.2) is 0 Å². The maximum atomic E-state index is 5.74. The number of nitrogens with two attached hydrogens (primary N) is 1. The van der Waals surface area contributed by atoms with E-state index in [0.717, 1.165) is 16.6 Å². The van der Waals surface area contributed by atoms with Crippen LogP contribution < -0.4 is 15.8 Å². The molecule has 0 saturated carbocycles. The normalized spacial score (nSPS) is 10.4. The van der Waals surface area contributed by atoms with Gasteiger partial charge < -0.3 is 15.8 Å². The van der Waals surface area contributed by atoms with Crippen molar-refractivity contribution in [3.8, 4) is 5.88 Å². The van der Waals surface area contributed by atoms with E-state index in [1.807, 2.05) is 36.4 Å². The molecule has 0 fully saturated rings. The van der Waals surface area contributed by atoms with E-state index in [2.05, 4.69) is 15.3 Å². The fourth-order valence-electron chi connectivity index (χ4n) is 1.99. The van der Waals surface area contributed by atoms with Crippen molar-refractivity contribution in [1.82, 2.24) is 9.97 Å². The van der Waals surface area contributed by atoms with Gasteiger partial charge in [-0.25, -0.2) is 0 Å². The zero-order chi connectivity index (χ0) is 13.9. The largest absolute Gasteiger partial charge is 0.479 e. The summed E-state index contributed by atoms with van der Waals surface area (Å²) in [5, 5.41) is 4.29. The molecule has 3 N–H and O–H groups in total. The molecule has 20 heavy (non-hydrogen) atoms. The Bertz CT molecular complexity index is 758. The Balaban J connectivity index is 1.92. The van der Waals surface area contributed by atoms with Gasteiger partial charge in [-0.1, -0.05) is 6.07 Å². The van der Waals surface area contributed by atoms with Crippen LogP contribution in [-0.2, 0) is 0 Å². The minimum atomic E-state index is 0.414. The van der Waals surface area contributed by atoms with E-state index in [0.29, 0.717) is 17.4 Å². The number of fused-ring (bicyclic) bond motifs is 1. The summed E-state index contributed by atoms with van der Waals surface area (Å²) in [4.78, 5) is 8.58. The first kappa shape index (κ1) is 12.2. The van der Waals surface area contributed by atoms with E-state index >= 15 is 0 Å². The summed E-state index contributed by atoms with van der Waals surface area (Å²) in [5.74, 6) is 1.09. The molecule has 0 aliphatic rings. The predicted molar refractivity (Wildman–Crippen MR) is 80.2 cm³/mol. The molecule has 3 rings (SSSR count). The number of nitrogen functional groups attached to an aromatic ring is 1. The van der Waals surface area contributed by atoms with E-state index in [4.69, 9.17) is 10.5 Å². The first-order valence-electron chi connectivity index (χ1n) is 6.18. The molecule has 0 atom stereocenters. The third-order valence-corrected chi connectivity index (χ3v) is 2.96. The van der Waals surface area contributed by atoms with Gasteiger partial charge in [-0.15, -0.1) is 0 Å². The van der Waals surface area contributed by atoms with Crippen LogP contribution in [0.15, 0.2) is 48.7 Å². The third kappa shape index (κ3) is 2.33. The average Bonchev–Trinajstić information content (AvgIpc) is 2.49. The Kier molecular flexibility index (Phi) is 3.09. The Morgan fingerprint density at radius 2 is 2.05 bits per heavy atom. The van der Waals surface area contributed by atoms with Crippen LogP contribution in [-0.4, -0.2) is 17.1 Å². The molecule has 2 heterocycles. The highest BCUT2D eigenvalue weighted by Crippen LogP contribution is 2.24. The molecule has 5 heteroatoms. The number of nitrogens with zero attached hydrogens (tertiary/aromatic N) is 2. The van der Waals surface area contributed by atoms with Crippen LogP contribution >= 0.6 is 0 Å². The van der Waals surface area contributed by atoms with Gasteiger partial charge in [-0.05, 0) is 36.4 Å².